The highest BCUT2D eigenvalue weighted by molar-refractivity contribution is 7.25. The van der Waals surface area contributed by atoms with E-state index in [2.05, 4.69) is 327 Å². The number of fused-ring (bicyclic) bond motifs is 8. The minimum Gasteiger partial charge on any atom is -0.310 e. The van der Waals surface area contributed by atoms with Gasteiger partial charge >= 0.3 is 0 Å². The van der Waals surface area contributed by atoms with E-state index < -0.39 is 16.2 Å². The number of rotatable bonds is 10. The molecule has 2 nitrogen and oxygen atoms in total. The van der Waals surface area contributed by atoms with Crippen LogP contribution in [0.1, 0.15) is 69.5 Å². The molecule has 0 unspecified atom stereocenters. The van der Waals surface area contributed by atoms with Crippen molar-refractivity contribution in [2.24, 2.45) is 0 Å². The molecule has 3 heterocycles. The Kier molecular flexibility index (Phi) is 11.2. The first-order chi connectivity index (χ1) is 39.4. The summed E-state index contributed by atoms with van der Waals surface area (Å²) in [5, 5.41) is 5.01. The van der Waals surface area contributed by atoms with E-state index in [-0.39, 0.29) is 0 Å². The lowest BCUT2D eigenvalue weighted by atomic mass is 9.63. The lowest BCUT2D eigenvalue weighted by Crippen LogP contribution is -2.34. The number of hydrogen-bond donors (Lipinski definition) is 0. The molecule has 3 heteroatoms. The van der Waals surface area contributed by atoms with Gasteiger partial charge in [0, 0.05) is 47.7 Å². The number of nitrogens with zero attached hydrogens (tertiary/aromatic N) is 2. The van der Waals surface area contributed by atoms with Gasteiger partial charge in [0.1, 0.15) is 0 Å². The molecule has 0 saturated heterocycles. The summed E-state index contributed by atoms with van der Waals surface area (Å²) in [5.41, 5.74) is 17.7. The maximum Gasteiger partial charge on any atom is 0.0701 e. The Bertz CT molecular complexity index is 4410. The molecule has 0 saturated carbocycles. The molecule has 0 fully saturated rings. The second-order valence-electron chi connectivity index (χ2n) is 22.0. The maximum absolute atomic E-state index is 2.55. The van der Waals surface area contributed by atoms with Gasteiger partial charge in [0.2, 0.25) is 0 Å². The molecule has 0 radical (unpaired) electrons. The van der Waals surface area contributed by atoms with Crippen molar-refractivity contribution in [2.45, 2.75) is 30.1 Å². The Hall–Kier alpha value is -9.54. The van der Waals surface area contributed by atoms with Crippen molar-refractivity contribution in [1.82, 2.24) is 4.57 Å². The highest BCUT2D eigenvalue weighted by Gasteiger charge is 2.43. The summed E-state index contributed by atoms with van der Waals surface area (Å²) in [4.78, 5) is 2.54. The van der Waals surface area contributed by atoms with Gasteiger partial charge in [0.05, 0.1) is 33.2 Å². The first-order valence-electron chi connectivity index (χ1n) is 27.8. The zero-order valence-corrected chi connectivity index (χ0v) is 45.5. The van der Waals surface area contributed by atoms with Gasteiger partial charge in [-0.2, -0.15) is 0 Å². The van der Waals surface area contributed by atoms with Gasteiger partial charge in [-0.05, 0) is 122 Å². The summed E-state index contributed by atoms with van der Waals surface area (Å²) in [6.07, 6.45) is 0. The molecular weight excluding hydrogens is 985 g/mol. The van der Waals surface area contributed by atoms with Crippen molar-refractivity contribution >= 4 is 70.4 Å². The zero-order chi connectivity index (χ0) is 53.4. The van der Waals surface area contributed by atoms with Crippen LogP contribution < -0.4 is 4.90 Å². The van der Waals surface area contributed by atoms with Crippen LogP contribution in [0.25, 0.3) is 47.7 Å². The first-order valence-corrected chi connectivity index (χ1v) is 28.6. The van der Waals surface area contributed by atoms with E-state index >= 15 is 0 Å². The fourth-order valence-corrected chi connectivity index (χ4v) is 14.9. The summed E-state index contributed by atoms with van der Waals surface area (Å²) in [7, 11) is 0. The average Bonchev–Trinajstić information content (AvgIpc) is 4.15. The zero-order valence-electron chi connectivity index (χ0n) is 44.7. The van der Waals surface area contributed by atoms with Crippen LogP contribution >= 0.6 is 11.3 Å². The smallest absolute Gasteiger partial charge is 0.0701 e. The number of para-hydroxylation sites is 1. The largest absolute Gasteiger partial charge is 0.310 e. The van der Waals surface area contributed by atoms with Crippen LogP contribution in [-0.4, -0.2) is 4.57 Å². The number of thiophene rings is 1. The third-order valence-corrected chi connectivity index (χ3v) is 18.6. The topological polar surface area (TPSA) is 8.17 Å². The fourth-order valence-electron chi connectivity index (χ4n) is 13.8. The minimum absolute atomic E-state index is 0.450. The second kappa shape index (κ2) is 18.8. The van der Waals surface area contributed by atoms with Crippen LogP contribution in [0.2, 0.25) is 0 Å². The quantitative estimate of drug-likeness (QED) is 0.124. The SMILES string of the molecule is CC1(C)c2cc(-n3c4ccccc4c4cc(C(c5ccccc5)(c5ccccc5)c5ccccc5)ccc43)ccc2N(c2ccc3sc4ccccc4c3c2)c2ccc(C(c3ccccc3)(c3ccccc3)c3ccccc3)cc21. The Morgan fingerprint density at radius 2 is 0.688 bits per heavy atom. The molecule has 1 aliphatic heterocycles. The lowest BCUT2D eigenvalue weighted by molar-refractivity contribution is 0.626. The van der Waals surface area contributed by atoms with Gasteiger partial charge in [-0.25, -0.2) is 0 Å². The third-order valence-electron chi connectivity index (χ3n) is 17.5. The standard InChI is InChI=1S/C77H56N2S/c1-75(2)67-50-60(77(56-31-15-6-16-32-56,57-33-17-7-18-34-57)58-35-19-8-20-36-58)42-46-71(67)79(61-44-48-74-66(51-61)64-38-22-24-40-73(64)80-74)72-47-43-62(52-68(72)75)78-69-39-23-21-37-63(69)65-49-59(41-45-70(65)78)76(53-25-9-3-10-26-53,54-27-11-4-12-28-54)55-29-13-5-14-30-55/h3-52H,1-2H3. The summed E-state index contributed by atoms with van der Waals surface area (Å²) in [6, 6.07) is 113. The van der Waals surface area contributed by atoms with Crippen LogP contribution in [0.3, 0.4) is 0 Å². The van der Waals surface area contributed by atoms with Gasteiger partial charge in [-0.3, -0.25) is 0 Å². The predicted octanol–water partition coefficient (Wildman–Crippen LogP) is 20.0. The van der Waals surface area contributed by atoms with E-state index in [0.29, 0.717) is 0 Å². The molecule has 12 aromatic carbocycles. The lowest BCUT2D eigenvalue weighted by Gasteiger charge is -2.44. The predicted molar refractivity (Wildman–Crippen MR) is 337 cm³/mol. The van der Waals surface area contributed by atoms with Crippen LogP contribution in [-0.2, 0) is 16.2 Å². The molecule has 0 atom stereocenters. The van der Waals surface area contributed by atoms with Gasteiger partial charge < -0.3 is 9.47 Å². The van der Waals surface area contributed by atoms with Crippen molar-refractivity contribution in [2.75, 3.05) is 4.90 Å². The number of aromatic nitrogens is 1. The van der Waals surface area contributed by atoms with Gasteiger partial charge in [0.25, 0.3) is 0 Å². The molecule has 0 bridgehead atoms. The molecule has 80 heavy (non-hydrogen) atoms. The molecular formula is C77H56N2S. The molecule has 0 amide bonds. The third kappa shape index (κ3) is 7.17. The van der Waals surface area contributed by atoms with Crippen molar-refractivity contribution in [1.29, 1.82) is 0 Å². The molecule has 0 N–H and O–H groups in total. The number of benzene rings is 12. The molecule has 2 aromatic heterocycles. The summed E-state index contributed by atoms with van der Waals surface area (Å²) in [6.45, 7) is 4.88. The van der Waals surface area contributed by atoms with Crippen LogP contribution in [0, 0.1) is 0 Å². The van der Waals surface area contributed by atoms with Crippen LogP contribution in [0.5, 0.6) is 0 Å². The highest BCUT2D eigenvalue weighted by atomic mass is 32.1. The molecule has 0 aliphatic carbocycles. The van der Waals surface area contributed by atoms with E-state index in [0.717, 1.165) is 11.4 Å². The number of hydrogen-bond acceptors (Lipinski definition) is 2. The van der Waals surface area contributed by atoms with Crippen molar-refractivity contribution in [3.05, 3.63) is 359 Å². The molecule has 15 rings (SSSR count). The van der Waals surface area contributed by atoms with E-state index in [1.807, 2.05) is 11.3 Å². The Labute approximate surface area is 471 Å². The fraction of sp³-hybridized carbons (Fsp3) is 0.0649. The van der Waals surface area contributed by atoms with Gasteiger partial charge in [-0.1, -0.05) is 250 Å². The summed E-state index contributed by atoms with van der Waals surface area (Å²) < 4.78 is 5.10. The number of anilines is 3. The van der Waals surface area contributed by atoms with Crippen molar-refractivity contribution in [3.8, 4) is 5.69 Å². The normalized spacial score (nSPS) is 13.2. The summed E-state index contributed by atoms with van der Waals surface area (Å²) in [5.74, 6) is 0. The van der Waals surface area contributed by atoms with E-state index in [4.69, 9.17) is 0 Å². The average molecular weight is 1040 g/mol. The molecule has 380 valence electrons. The summed E-state index contributed by atoms with van der Waals surface area (Å²) >= 11 is 1.87. The Morgan fingerprint density at radius 3 is 1.23 bits per heavy atom. The van der Waals surface area contributed by atoms with Gasteiger partial charge in [0.15, 0.2) is 0 Å². The maximum atomic E-state index is 2.55. The highest BCUT2D eigenvalue weighted by Crippen LogP contribution is 2.56. The molecule has 1 aliphatic rings. The van der Waals surface area contributed by atoms with Gasteiger partial charge in [-0.15, -0.1) is 11.3 Å². The monoisotopic (exact) mass is 1040 g/mol. The van der Waals surface area contributed by atoms with Crippen molar-refractivity contribution < 1.29 is 0 Å². The first kappa shape index (κ1) is 47.7. The molecule has 14 aromatic rings. The second-order valence-corrected chi connectivity index (χ2v) is 23.0. The minimum atomic E-state index is -0.614. The van der Waals surface area contributed by atoms with E-state index in [1.54, 1.807) is 0 Å². The van der Waals surface area contributed by atoms with Crippen molar-refractivity contribution in [3.63, 3.8) is 0 Å². The van der Waals surface area contributed by atoms with Crippen LogP contribution in [0.4, 0.5) is 17.1 Å². The molecule has 0 spiro atoms. The van der Waals surface area contributed by atoms with Crippen LogP contribution in [0.15, 0.2) is 303 Å². The Morgan fingerprint density at radius 1 is 0.287 bits per heavy atom. The van der Waals surface area contributed by atoms with E-state index in [1.165, 1.54) is 109 Å². The Balaban J connectivity index is 0.973. The van der Waals surface area contributed by atoms with E-state index in [9.17, 15) is 0 Å².